The van der Waals surface area contributed by atoms with Gasteiger partial charge in [-0.1, -0.05) is 34.1 Å². The van der Waals surface area contributed by atoms with E-state index in [1.54, 1.807) is 0 Å². The van der Waals surface area contributed by atoms with Crippen LogP contribution < -0.4 is 5.32 Å². The van der Waals surface area contributed by atoms with E-state index in [4.69, 9.17) is 0 Å². The molecule has 0 amide bonds. The Morgan fingerprint density at radius 2 is 1.80 bits per heavy atom. The lowest BCUT2D eigenvalue weighted by Crippen LogP contribution is -2.35. The monoisotopic (exact) mass is 233 g/mol. The van der Waals surface area contributed by atoms with Crippen LogP contribution in [0.1, 0.15) is 47.0 Å². The number of rotatable bonds is 9. The van der Waals surface area contributed by atoms with Gasteiger partial charge in [0.2, 0.25) is 0 Å². The molecule has 0 saturated carbocycles. The van der Waals surface area contributed by atoms with Crippen molar-refractivity contribution in [3.63, 3.8) is 0 Å². The van der Waals surface area contributed by atoms with E-state index in [2.05, 4.69) is 33.0 Å². The summed E-state index contributed by atoms with van der Waals surface area (Å²) in [6, 6.07) is 0.440. The van der Waals surface area contributed by atoms with Crippen molar-refractivity contribution < 1.29 is 4.21 Å². The van der Waals surface area contributed by atoms with E-state index in [9.17, 15) is 4.21 Å². The molecule has 2 nitrogen and oxygen atoms in total. The van der Waals surface area contributed by atoms with Crippen molar-refractivity contribution in [2.24, 2.45) is 5.92 Å². The van der Waals surface area contributed by atoms with Gasteiger partial charge < -0.3 is 5.32 Å². The highest BCUT2D eigenvalue weighted by Crippen LogP contribution is 2.05. The lowest BCUT2D eigenvalue weighted by atomic mass is 10.2. The predicted octanol–water partition coefficient (Wildman–Crippen LogP) is 2.56. The van der Waals surface area contributed by atoms with Crippen LogP contribution in [0.5, 0.6) is 0 Å². The Labute approximate surface area is 97.7 Å². The summed E-state index contributed by atoms with van der Waals surface area (Å²) in [5.41, 5.74) is 0. The van der Waals surface area contributed by atoms with Crippen molar-refractivity contribution in [2.75, 3.05) is 18.1 Å². The van der Waals surface area contributed by atoms with Crippen LogP contribution in [0, 0.1) is 5.92 Å². The molecule has 0 bridgehead atoms. The Morgan fingerprint density at radius 1 is 1.13 bits per heavy atom. The zero-order valence-corrected chi connectivity index (χ0v) is 11.5. The summed E-state index contributed by atoms with van der Waals surface area (Å²) in [5, 5.41) is 3.45. The Bertz CT molecular complexity index is 173. The molecule has 3 atom stereocenters. The molecule has 0 aromatic heterocycles. The minimum absolute atomic E-state index is 0.440. The summed E-state index contributed by atoms with van der Waals surface area (Å²) in [4.78, 5) is 0. The highest BCUT2D eigenvalue weighted by Gasteiger charge is 2.11. The van der Waals surface area contributed by atoms with Crippen LogP contribution >= 0.6 is 0 Å². The third-order valence-electron chi connectivity index (χ3n) is 2.73. The zero-order valence-electron chi connectivity index (χ0n) is 10.7. The third-order valence-corrected chi connectivity index (χ3v) is 4.45. The molecule has 3 unspecified atom stereocenters. The fourth-order valence-electron chi connectivity index (χ4n) is 1.40. The number of hydrogen-bond donors (Lipinski definition) is 1. The van der Waals surface area contributed by atoms with E-state index in [-0.39, 0.29) is 0 Å². The fourth-order valence-corrected chi connectivity index (χ4v) is 3.21. The van der Waals surface area contributed by atoms with E-state index in [1.165, 1.54) is 0 Å². The predicted molar refractivity (Wildman–Crippen MR) is 69.7 cm³/mol. The van der Waals surface area contributed by atoms with Gasteiger partial charge in [-0.05, 0) is 25.3 Å². The van der Waals surface area contributed by atoms with Gasteiger partial charge in [0.05, 0.1) is 0 Å². The van der Waals surface area contributed by atoms with E-state index in [0.29, 0.717) is 12.0 Å². The summed E-state index contributed by atoms with van der Waals surface area (Å²) in [6.07, 6.45) is 3.35. The quantitative estimate of drug-likeness (QED) is 0.663. The van der Waals surface area contributed by atoms with Crippen molar-refractivity contribution >= 4 is 10.8 Å². The first-order chi connectivity index (χ1) is 7.13. The number of hydrogen-bond acceptors (Lipinski definition) is 2. The number of nitrogens with one attached hydrogen (secondary N) is 1. The van der Waals surface area contributed by atoms with Gasteiger partial charge in [-0.2, -0.15) is 0 Å². The van der Waals surface area contributed by atoms with Crippen LogP contribution in [0.2, 0.25) is 0 Å². The smallest absolute Gasteiger partial charge is 0.0388 e. The molecule has 0 spiro atoms. The Balaban J connectivity index is 3.79. The minimum Gasteiger partial charge on any atom is -0.313 e. The maximum Gasteiger partial charge on any atom is 0.0388 e. The van der Waals surface area contributed by atoms with Crippen molar-refractivity contribution in [1.29, 1.82) is 0 Å². The van der Waals surface area contributed by atoms with Crippen LogP contribution in [0.15, 0.2) is 0 Å². The van der Waals surface area contributed by atoms with Crippen LogP contribution in [0.4, 0.5) is 0 Å². The maximum atomic E-state index is 11.8. The first-order valence-corrected chi connectivity index (χ1v) is 7.71. The Kier molecular flexibility index (Phi) is 9.41. The minimum atomic E-state index is -0.646. The summed E-state index contributed by atoms with van der Waals surface area (Å²) in [6.45, 7) is 9.70. The van der Waals surface area contributed by atoms with Crippen LogP contribution in [0.3, 0.4) is 0 Å². The molecule has 0 aromatic rings. The summed E-state index contributed by atoms with van der Waals surface area (Å²) < 4.78 is 11.8. The van der Waals surface area contributed by atoms with Gasteiger partial charge in [-0.25, -0.2) is 0 Å². The molecule has 0 heterocycles. The first-order valence-electron chi connectivity index (χ1n) is 6.22. The molecule has 0 aliphatic rings. The van der Waals surface area contributed by atoms with Crippen LogP contribution in [-0.2, 0) is 10.8 Å². The Hall–Kier alpha value is 0.110. The van der Waals surface area contributed by atoms with Crippen molar-refractivity contribution in [1.82, 2.24) is 5.32 Å². The van der Waals surface area contributed by atoms with Crippen molar-refractivity contribution in [3.05, 3.63) is 0 Å². The molecular formula is C12H27NOS. The molecule has 0 rings (SSSR count). The van der Waals surface area contributed by atoms with Gasteiger partial charge in [0.1, 0.15) is 0 Å². The average molecular weight is 233 g/mol. The average Bonchev–Trinajstić information content (AvgIpc) is 2.23. The lowest BCUT2D eigenvalue weighted by molar-refractivity contribution is 0.531. The molecular weight excluding hydrogens is 206 g/mol. The molecule has 92 valence electrons. The molecule has 3 heteroatoms. The van der Waals surface area contributed by atoms with E-state index >= 15 is 0 Å². The SMILES string of the molecule is CCCNC(CC)CS(=O)CC(C)CC. The molecule has 1 N–H and O–H groups in total. The largest absolute Gasteiger partial charge is 0.313 e. The molecule has 0 radical (unpaired) electrons. The normalized spacial score (nSPS) is 17.3. The summed E-state index contributed by atoms with van der Waals surface area (Å²) in [7, 11) is -0.646. The molecule has 0 fully saturated rings. The van der Waals surface area contributed by atoms with Gasteiger partial charge in [0.25, 0.3) is 0 Å². The van der Waals surface area contributed by atoms with E-state index in [0.717, 1.165) is 37.3 Å². The molecule has 0 aromatic carbocycles. The topological polar surface area (TPSA) is 29.1 Å². The lowest BCUT2D eigenvalue weighted by Gasteiger charge is -2.17. The van der Waals surface area contributed by atoms with Gasteiger partial charge in [-0.3, -0.25) is 4.21 Å². The van der Waals surface area contributed by atoms with Gasteiger partial charge in [-0.15, -0.1) is 0 Å². The first kappa shape index (κ1) is 15.1. The highest BCUT2D eigenvalue weighted by atomic mass is 32.2. The van der Waals surface area contributed by atoms with Gasteiger partial charge >= 0.3 is 0 Å². The fraction of sp³-hybridized carbons (Fsp3) is 1.00. The maximum absolute atomic E-state index is 11.8. The van der Waals surface area contributed by atoms with Crippen molar-refractivity contribution in [2.45, 2.75) is 53.0 Å². The summed E-state index contributed by atoms with van der Waals surface area (Å²) in [5.74, 6) is 2.27. The van der Waals surface area contributed by atoms with Crippen LogP contribution in [-0.4, -0.2) is 28.3 Å². The van der Waals surface area contributed by atoms with Gasteiger partial charge in [0.15, 0.2) is 0 Å². The zero-order chi connectivity index (χ0) is 11.7. The van der Waals surface area contributed by atoms with Crippen LogP contribution in [0.25, 0.3) is 0 Å². The summed E-state index contributed by atoms with van der Waals surface area (Å²) >= 11 is 0. The molecule has 0 aliphatic heterocycles. The van der Waals surface area contributed by atoms with E-state index in [1.807, 2.05) is 0 Å². The second-order valence-electron chi connectivity index (χ2n) is 4.35. The van der Waals surface area contributed by atoms with E-state index < -0.39 is 10.8 Å². The molecule has 0 saturated heterocycles. The molecule has 15 heavy (non-hydrogen) atoms. The third kappa shape index (κ3) is 7.97. The second-order valence-corrected chi connectivity index (χ2v) is 5.89. The standard InChI is InChI=1S/C12H27NOS/c1-5-8-13-12(7-3)10-15(14)9-11(4)6-2/h11-13H,5-10H2,1-4H3. The molecule has 0 aliphatic carbocycles. The Morgan fingerprint density at radius 3 is 2.27 bits per heavy atom. The van der Waals surface area contributed by atoms with Gasteiger partial charge in [0, 0.05) is 28.3 Å². The highest BCUT2D eigenvalue weighted by molar-refractivity contribution is 7.85. The second kappa shape index (κ2) is 9.34. The van der Waals surface area contributed by atoms with Crippen molar-refractivity contribution in [3.8, 4) is 0 Å².